The van der Waals surface area contributed by atoms with Crippen LogP contribution in [0.25, 0.3) is 11.8 Å². The molecule has 0 aliphatic heterocycles. The predicted molar refractivity (Wildman–Crippen MR) is 121 cm³/mol. The Morgan fingerprint density at radius 3 is 2.53 bits per heavy atom. The molecule has 30 heavy (non-hydrogen) atoms. The summed E-state index contributed by atoms with van der Waals surface area (Å²) in [4.78, 5) is 12.6. The Hall–Kier alpha value is -3.30. The van der Waals surface area contributed by atoms with Gasteiger partial charge in [0, 0.05) is 22.4 Å². The Morgan fingerprint density at radius 2 is 1.90 bits per heavy atom. The van der Waals surface area contributed by atoms with E-state index in [0.717, 1.165) is 38.4 Å². The molecule has 6 heteroatoms. The van der Waals surface area contributed by atoms with Crippen molar-refractivity contribution in [2.24, 2.45) is 0 Å². The van der Waals surface area contributed by atoms with Gasteiger partial charge in [0.15, 0.2) is 0 Å². The second kappa shape index (κ2) is 9.47. The molecule has 2 aromatic carbocycles. The van der Waals surface area contributed by atoms with Gasteiger partial charge in [0.2, 0.25) is 0 Å². The molecule has 0 bridgehead atoms. The van der Waals surface area contributed by atoms with Crippen molar-refractivity contribution in [2.75, 3.05) is 7.11 Å². The number of halogens is 1. The van der Waals surface area contributed by atoms with Crippen LogP contribution in [0, 0.1) is 25.2 Å². The third kappa shape index (κ3) is 4.64. The van der Waals surface area contributed by atoms with Gasteiger partial charge < -0.3 is 14.6 Å². The van der Waals surface area contributed by atoms with Crippen LogP contribution in [-0.4, -0.2) is 17.6 Å². The van der Waals surface area contributed by atoms with Gasteiger partial charge in [-0.15, -0.1) is 0 Å². The lowest BCUT2D eigenvalue weighted by Gasteiger charge is -2.11. The lowest BCUT2D eigenvalue weighted by molar-refractivity contribution is -0.117. The Kier molecular flexibility index (Phi) is 6.76. The fourth-order valence-corrected chi connectivity index (χ4v) is 3.72. The van der Waals surface area contributed by atoms with Gasteiger partial charge in [-0.25, -0.2) is 0 Å². The summed E-state index contributed by atoms with van der Waals surface area (Å²) in [6, 6.07) is 19.4. The highest BCUT2D eigenvalue weighted by molar-refractivity contribution is 9.10. The number of methoxy groups -OCH3 is 1. The third-order valence-corrected chi connectivity index (χ3v) is 5.51. The SMILES string of the molecule is COc1ccc(CNC(=O)/C(C#N)=C\c2cc(C)n(-c3ccccc3Br)c2C)cc1. The second-order valence-corrected chi connectivity index (χ2v) is 7.67. The van der Waals surface area contributed by atoms with Crippen LogP contribution in [0.1, 0.15) is 22.5 Å². The number of nitrogens with zero attached hydrogens (tertiary/aromatic N) is 2. The molecule has 0 radical (unpaired) electrons. The third-order valence-electron chi connectivity index (χ3n) is 4.84. The largest absolute Gasteiger partial charge is 0.497 e. The zero-order valence-corrected chi connectivity index (χ0v) is 18.7. The number of aromatic nitrogens is 1. The molecule has 1 N–H and O–H groups in total. The molecule has 0 atom stereocenters. The van der Waals surface area contributed by atoms with E-state index in [-0.39, 0.29) is 5.57 Å². The number of ether oxygens (including phenoxy) is 1. The van der Waals surface area contributed by atoms with Gasteiger partial charge in [-0.3, -0.25) is 4.79 Å². The van der Waals surface area contributed by atoms with Crippen LogP contribution in [0.15, 0.2) is 64.6 Å². The Bertz CT molecular complexity index is 1140. The average molecular weight is 464 g/mol. The summed E-state index contributed by atoms with van der Waals surface area (Å²) in [5.41, 5.74) is 4.80. The number of benzene rings is 2. The highest BCUT2D eigenvalue weighted by Crippen LogP contribution is 2.27. The number of hydrogen-bond acceptors (Lipinski definition) is 3. The van der Waals surface area contributed by atoms with E-state index in [2.05, 4.69) is 25.8 Å². The number of aryl methyl sites for hydroxylation is 1. The molecule has 0 aliphatic carbocycles. The predicted octanol–water partition coefficient (Wildman–Crippen LogP) is 5.09. The summed E-state index contributed by atoms with van der Waals surface area (Å²) in [7, 11) is 1.61. The van der Waals surface area contributed by atoms with Crippen molar-refractivity contribution < 1.29 is 9.53 Å². The summed E-state index contributed by atoms with van der Waals surface area (Å²) in [6.45, 7) is 4.31. The molecule has 0 fully saturated rings. The van der Waals surface area contributed by atoms with Crippen LogP contribution in [0.3, 0.4) is 0 Å². The van der Waals surface area contributed by atoms with Gasteiger partial charge in [0.1, 0.15) is 17.4 Å². The first-order valence-electron chi connectivity index (χ1n) is 9.41. The zero-order chi connectivity index (χ0) is 21.7. The lowest BCUT2D eigenvalue weighted by atomic mass is 10.1. The monoisotopic (exact) mass is 463 g/mol. The minimum atomic E-state index is -0.404. The minimum Gasteiger partial charge on any atom is -0.497 e. The lowest BCUT2D eigenvalue weighted by Crippen LogP contribution is -2.23. The van der Waals surface area contributed by atoms with Gasteiger partial charge in [-0.05, 0) is 77.3 Å². The van der Waals surface area contributed by atoms with E-state index in [4.69, 9.17) is 4.74 Å². The topological polar surface area (TPSA) is 67.0 Å². The van der Waals surface area contributed by atoms with Crippen molar-refractivity contribution in [3.05, 3.63) is 87.2 Å². The molecule has 0 unspecified atom stereocenters. The fourth-order valence-electron chi connectivity index (χ4n) is 3.26. The molecule has 5 nitrogen and oxygen atoms in total. The molecule has 0 spiro atoms. The highest BCUT2D eigenvalue weighted by atomic mass is 79.9. The normalized spacial score (nSPS) is 11.1. The van der Waals surface area contributed by atoms with Gasteiger partial charge in [-0.1, -0.05) is 24.3 Å². The van der Waals surface area contributed by atoms with Crippen molar-refractivity contribution in [3.63, 3.8) is 0 Å². The maximum atomic E-state index is 12.6. The molecular formula is C24H22BrN3O2. The van der Waals surface area contributed by atoms with Crippen LogP contribution in [-0.2, 0) is 11.3 Å². The number of carbonyl (C=O) groups is 1. The number of nitrogens with one attached hydrogen (secondary N) is 1. The van der Waals surface area contributed by atoms with Gasteiger partial charge in [0.25, 0.3) is 5.91 Å². The summed E-state index contributed by atoms with van der Waals surface area (Å²) in [5.74, 6) is 0.349. The summed E-state index contributed by atoms with van der Waals surface area (Å²) >= 11 is 3.59. The average Bonchev–Trinajstić information content (AvgIpc) is 3.03. The van der Waals surface area contributed by atoms with Crippen molar-refractivity contribution in [2.45, 2.75) is 20.4 Å². The van der Waals surface area contributed by atoms with Crippen LogP contribution in [0.5, 0.6) is 5.75 Å². The summed E-state index contributed by atoms with van der Waals surface area (Å²) in [5, 5.41) is 12.3. The molecule has 152 valence electrons. The van der Waals surface area contributed by atoms with Crippen LogP contribution >= 0.6 is 15.9 Å². The van der Waals surface area contributed by atoms with E-state index in [0.29, 0.717) is 6.54 Å². The van der Waals surface area contributed by atoms with Crippen LogP contribution in [0.2, 0.25) is 0 Å². The van der Waals surface area contributed by atoms with Crippen molar-refractivity contribution in [1.29, 1.82) is 5.26 Å². The second-order valence-electron chi connectivity index (χ2n) is 6.81. The molecule has 3 rings (SSSR count). The fraction of sp³-hybridized carbons (Fsp3) is 0.167. The molecule has 3 aromatic rings. The molecule has 1 heterocycles. The van der Waals surface area contributed by atoms with E-state index < -0.39 is 5.91 Å². The number of para-hydroxylation sites is 1. The van der Waals surface area contributed by atoms with Crippen LogP contribution < -0.4 is 10.1 Å². The quantitative estimate of drug-likeness (QED) is 0.408. The van der Waals surface area contributed by atoms with Crippen molar-refractivity contribution in [3.8, 4) is 17.5 Å². The molecule has 0 aliphatic rings. The van der Waals surface area contributed by atoms with E-state index >= 15 is 0 Å². The minimum absolute atomic E-state index is 0.0656. The smallest absolute Gasteiger partial charge is 0.262 e. The number of carbonyl (C=O) groups excluding carboxylic acids is 1. The van der Waals surface area contributed by atoms with Crippen LogP contribution in [0.4, 0.5) is 0 Å². The molecule has 1 amide bonds. The first-order chi connectivity index (χ1) is 14.4. The van der Waals surface area contributed by atoms with Crippen molar-refractivity contribution in [1.82, 2.24) is 9.88 Å². The maximum absolute atomic E-state index is 12.6. The standard InChI is InChI=1S/C24H22BrN3O2/c1-16-12-19(17(2)28(16)23-7-5-4-6-22(23)25)13-20(14-26)24(29)27-15-18-8-10-21(30-3)11-9-18/h4-13H,15H2,1-3H3,(H,27,29)/b20-13-. The maximum Gasteiger partial charge on any atom is 0.262 e. The Labute approximate surface area is 184 Å². The van der Waals surface area contributed by atoms with Crippen molar-refractivity contribution >= 4 is 27.9 Å². The number of hydrogen-bond donors (Lipinski definition) is 1. The van der Waals surface area contributed by atoms with E-state index in [1.54, 1.807) is 13.2 Å². The zero-order valence-electron chi connectivity index (χ0n) is 17.1. The summed E-state index contributed by atoms with van der Waals surface area (Å²) < 4.78 is 8.20. The Balaban J connectivity index is 1.82. The number of nitriles is 1. The molecule has 0 saturated heterocycles. The van der Waals surface area contributed by atoms with E-state index in [1.165, 1.54) is 0 Å². The first kappa shape index (κ1) is 21.4. The number of amides is 1. The highest BCUT2D eigenvalue weighted by Gasteiger charge is 2.14. The van der Waals surface area contributed by atoms with Gasteiger partial charge >= 0.3 is 0 Å². The Morgan fingerprint density at radius 1 is 1.20 bits per heavy atom. The summed E-state index contributed by atoms with van der Waals surface area (Å²) in [6.07, 6.45) is 1.64. The van der Waals surface area contributed by atoms with E-state index in [1.807, 2.05) is 74.5 Å². The van der Waals surface area contributed by atoms with Gasteiger partial charge in [-0.2, -0.15) is 5.26 Å². The number of rotatable bonds is 6. The van der Waals surface area contributed by atoms with Gasteiger partial charge in [0.05, 0.1) is 12.8 Å². The molecule has 1 aromatic heterocycles. The molecule has 0 saturated carbocycles. The molecular weight excluding hydrogens is 442 g/mol. The first-order valence-corrected chi connectivity index (χ1v) is 10.2. The van der Waals surface area contributed by atoms with E-state index in [9.17, 15) is 10.1 Å².